The van der Waals surface area contributed by atoms with Gasteiger partial charge in [-0.05, 0) is 37.8 Å². The average Bonchev–Trinajstić information content (AvgIpc) is 2.76. The van der Waals surface area contributed by atoms with E-state index in [2.05, 4.69) is 10.0 Å². The fraction of sp³-hybridized carbons (Fsp3) is 0.652. The molecule has 0 aliphatic carbocycles. The molecular weight excluding hydrogens is 444 g/mol. The predicted molar refractivity (Wildman–Crippen MR) is 127 cm³/mol. The second-order valence-electron chi connectivity index (χ2n) is 8.91. The molecule has 1 aliphatic heterocycles. The van der Waals surface area contributed by atoms with Gasteiger partial charge in [0, 0.05) is 46.4 Å². The van der Waals surface area contributed by atoms with Crippen LogP contribution in [-0.2, 0) is 24.3 Å². The molecule has 1 heterocycles. The number of methoxy groups -OCH3 is 1. The molecule has 1 fully saturated rings. The standard InChI is InChI=1S/C23H38N4O5S/c1-18(2)16-21(25-33(30,31)20-8-6-19(3)7-9-20)23(29)27-13-11-26(12-14-27)17-22(28)24-10-5-15-32-4/h6-9,18,21,25H,5,10-17H2,1-4H3,(H,24,28). The van der Waals surface area contributed by atoms with Crippen LogP contribution in [0.25, 0.3) is 0 Å². The van der Waals surface area contributed by atoms with E-state index in [1.807, 2.05) is 25.7 Å². The minimum atomic E-state index is -3.82. The first-order valence-electron chi connectivity index (χ1n) is 11.5. The Morgan fingerprint density at radius 3 is 2.30 bits per heavy atom. The summed E-state index contributed by atoms with van der Waals surface area (Å²) in [6.45, 7) is 9.31. The third kappa shape index (κ3) is 9.04. The van der Waals surface area contributed by atoms with Crippen molar-refractivity contribution in [3.05, 3.63) is 29.8 Å². The van der Waals surface area contributed by atoms with Crippen LogP contribution in [-0.4, -0.2) is 89.1 Å². The summed E-state index contributed by atoms with van der Waals surface area (Å²) in [5.41, 5.74) is 0.963. The number of carbonyl (C=O) groups is 2. The van der Waals surface area contributed by atoms with Gasteiger partial charge in [-0.2, -0.15) is 4.72 Å². The van der Waals surface area contributed by atoms with E-state index in [1.165, 1.54) is 0 Å². The summed E-state index contributed by atoms with van der Waals surface area (Å²) in [4.78, 5) is 29.1. The second kappa shape index (κ2) is 13.0. The average molecular weight is 483 g/mol. The highest BCUT2D eigenvalue weighted by Gasteiger charge is 2.31. The van der Waals surface area contributed by atoms with Gasteiger partial charge in [-0.25, -0.2) is 8.42 Å². The Kier molecular flexibility index (Phi) is 10.7. The molecule has 0 aromatic heterocycles. The second-order valence-corrected chi connectivity index (χ2v) is 10.6. The van der Waals surface area contributed by atoms with Gasteiger partial charge >= 0.3 is 0 Å². The first-order chi connectivity index (χ1) is 15.6. The Labute approximate surface area is 197 Å². The van der Waals surface area contributed by atoms with Crippen LogP contribution in [0.15, 0.2) is 29.2 Å². The van der Waals surface area contributed by atoms with Crippen molar-refractivity contribution in [2.75, 3.05) is 53.0 Å². The van der Waals surface area contributed by atoms with Gasteiger partial charge in [-0.1, -0.05) is 31.5 Å². The number of sulfonamides is 1. The van der Waals surface area contributed by atoms with E-state index in [1.54, 1.807) is 36.3 Å². The summed E-state index contributed by atoms with van der Waals surface area (Å²) >= 11 is 0. The Balaban J connectivity index is 1.93. The maximum Gasteiger partial charge on any atom is 0.241 e. The van der Waals surface area contributed by atoms with E-state index in [9.17, 15) is 18.0 Å². The minimum Gasteiger partial charge on any atom is -0.385 e. The lowest BCUT2D eigenvalue weighted by Gasteiger charge is -2.36. The summed E-state index contributed by atoms with van der Waals surface area (Å²) in [5, 5.41) is 2.87. The molecule has 0 bridgehead atoms. The molecular formula is C23H38N4O5S. The summed E-state index contributed by atoms with van der Waals surface area (Å²) in [6.07, 6.45) is 1.17. The Morgan fingerprint density at radius 1 is 1.09 bits per heavy atom. The van der Waals surface area contributed by atoms with Crippen molar-refractivity contribution < 1.29 is 22.7 Å². The molecule has 0 spiro atoms. The van der Waals surface area contributed by atoms with Gasteiger partial charge in [-0.15, -0.1) is 0 Å². The van der Waals surface area contributed by atoms with Crippen LogP contribution in [0.1, 0.15) is 32.3 Å². The van der Waals surface area contributed by atoms with Crippen LogP contribution in [0.3, 0.4) is 0 Å². The largest absolute Gasteiger partial charge is 0.385 e. The number of rotatable bonds is 12. The minimum absolute atomic E-state index is 0.0468. The highest BCUT2D eigenvalue weighted by atomic mass is 32.2. The number of benzene rings is 1. The lowest BCUT2D eigenvalue weighted by atomic mass is 10.0. The number of hydrogen-bond acceptors (Lipinski definition) is 6. The molecule has 1 aliphatic rings. The van der Waals surface area contributed by atoms with E-state index in [0.29, 0.717) is 45.8 Å². The maximum atomic E-state index is 13.2. The van der Waals surface area contributed by atoms with Crippen molar-refractivity contribution in [1.29, 1.82) is 0 Å². The molecule has 1 aromatic carbocycles. The lowest BCUT2D eigenvalue weighted by molar-refractivity contribution is -0.135. The van der Waals surface area contributed by atoms with Crippen LogP contribution in [0.2, 0.25) is 0 Å². The summed E-state index contributed by atoms with van der Waals surface area (Å²) in [7, 11) is -2.19. The first-order valence-corrected chi connectivity index (χ1v) is 13.0. The fourth-order valence-electron chi connectivity index (χ4n) is 3.69. The van der Waals surface area contributed by atoms with Gasteiger partial charge in [0.1, 0.15) is 6.04 Å². The SMILES string of the molecule is COCCCNC(=O)CN1CCN(C(=O)C(CC(C)C)NS(=O)(=O)c2ccc(C)cc2)CC1. The van der Waals surface area contributed by atoms with Crippen LogP contribution in [0.4, 0.5) is 0 Å². The molecule has 0 radical (unpaired) electrons. The number of carbonyl (C=O) groups excluding carboxylic acids is 2. The summed E-state index contributed by atoms with van der Waals surface area (Å²) < 4.78 is 33.4. The fourth-order valence-corrected chi connectivity index (χ4v) is 4.90. The van der Waals surface area contributed by atoms with Crippen molar-refractivity contribution in [2.24, 2.45) is 5.92 Å². The van der Waals surface area contributed by atoms with Gasteiger partial charge in [-0.3, -0.25) is 14.5 Å². The highest BCUT2D eigenvalue weighted by Crippen LogP contribution is 2.16. The topological polar surface area (TPSA) is 108 Å². The van der Waals surface area contributed by atoms with Crippen molar-refractivity contribution in [1.82, 2.24) is 19.8 Å². The molecule has 2 rings (SSSR count). The van der Waals surface area contributed by atoms with Crippen molar-refractivity contribution in [3.8, 4) is 0 Å². The molecule has 186 valence electrons. The molecule has 9 nitrogen and oxygen atoms in total. The van der Waals surface area contributed by atoms with E-state index in [-0.39, 0.29) is 29.2 Å². The molecule has 1 unspecified atom stereocenters. The third-order valence-electron chi connectivity index (χ3n) is 5.53. The van der Waals surface area contributed by atoms with Crippen molar-refractivity contribution in [2.45, 2.75) is 44.6 Å². The normalized spacial score (nSPS) is 16.1. The Hall–Kier alpha value is -2.01. The van der Waals surface area contributed by atoms with E-state index in [4.69, 9.17) is 4.74 Å². The monoisotopic (exact) mass is 482 g/mol. The van der Waals surface area contributed by atoms with Gasteiger partial charge < -0.3 is 15.0 Å². The van der Waals surface area contributed by atoms with E-state index < -0.39 is 16.1 Å². The molecule has 10 heteroatoms. The molecule has 1 atom stereocenters. The third-order valence-corrected chi connectivity index (χ3v) is 7.02. The maximum absolute atomic E-state index is 13.2. The van der Waals surface area contributed by atoms with Crippen LogP contribution < -0.4 is 10.0 Å². The van der Waals surface area contributed by atoms with Gasteiger partial charge in [0.05, 0.1) is 11.4 Å². The van der Waals surface area contributed by atoms with E-state index >= 15 is 0 Å². The number of nitrogens with one attached hydrogen (secondary N) is 2. The van der Waals surface area contributed by atoms with Crippen LogP contribution in [0.5, 0.6) is 0 Å². The van der Waals surface area contributed by atoms with Crippen molar-refractivity contribution >= 4 is 21.8 Å². The molecule has 0 saturated carbocycles. The summed E-state index contributed by atoms with van der Waals surface area (Å²) in [5.74, 6) is -0.125. The smallest absolute Gasteiger partial charge is 0.241 e. The zero-order chi connectivity index (χ0) is 24.4. The summed E-state index contributed by atoms with van der Waals surface area (Å²) in [6, 6.07) is 5.75. The van der Waals surface area contributed by atoms with Gasteiger partial charge in [0.25, 0.3) is 0 Å². The molecule has 2 N–H and O–H groups in total. The number of aryl methyl sites for hydroxylation is 1. The zero-order valence-corrected chi connectivity index (χ0v) is 21.0. The molecule has 1 aromatic rings. The lowest BCUT2D eigenvalue weighted by Crippen LogP contribution is -2.56. The number of ether oxygens (including phenoxy) is 1. The Morgan fingerprint density at radius 2 is 1.73 bits per heavy atom. The van der Waals surface area contributed by atoms with Gasteiger partial charge in [0.15, 0.2) is 0 Å². The van der Waals surface area contributed by atoms with E-state index in [0.717, 1.165) is 12.0 Å². The highest BCUT2D eigenvalue weighted by molar-refractivity contribution is 7.89. The number of piperazine rings is 1. The van der Waals surface area contributed by atoms with Gasteiger partial charge in [0.2, 0.25) is 21.8 Å². The number of amides is 2. The molecule has 1 saturated heterocycles. The number of nitrogens with zero attached hydrogens (tertiary/aromatic N) is 2. The molecule has 2 amide bonds. The van der Waals surface area contributed by atoms with Crippen LogP contribution in [0, 0.1) is 12.8 Å². The quantitative estimate of drug-likeness (QED) is 0.430. The van der Waals surface area contributed by atoms with Crippen molar-refractivity contribution in [3.63, 3.8) is 0 Å². The predicted octanol–water partition coefficient (Wildman–Crippen LogP) is 0.985. The Bertz CT molecular complexity index is 865. The molecule has 33 heavy (non-hydrogen) atoms. The van der Waals surface area contributed by atoms with Crippen LogP contribution >= 0.6 is 0 Å². The number of hydrogen-bond donors (Lipinski definition) is 2. The first kappa shape index (κ1) is 27.2. The zero-order valence-electron chi connectivity index (χ0n) is 20.2.